The molecule has 0 heterocycles. The zero-order valence-electron chi connectivity index (χ0n) is 12.1. The normalized spacial score (nSPS) is 14.9. The Morgan fingerprint density at radius 2 is 1.90 bits per heavy atom. The highest BCUT2D eigenvalue weighted by molar-refractivity contribution is 6.18. The molecule has 3 heteroatoms. The maximum atomic E-state index is 12.5. The highest BCUT2D eigenvalue weighted by Crippen LogP contribution is 2.25. The molecule has 1 fully saturated rings. The summed E-state index contributed by atoms with van der Waals surface area (Å²) in [4.78, 5) is 14.5. The minimum absolute atomic E-state index is 0.204. The van der Waals surface area contributed by atoms with E-state index in [2.05, 4.69) is 30.3 Å². The fourth-order valence-electron chi connectivity index (χ4n) is 2.93. The fraction of sp³-hybridized carbons (Fsp3) is 0.389. The van der Waals surface area contributed by atoms with E-state index in [1.165, 1.54) is 17.2 Å². The summed E-state index contributed by atoms with van der Waals surface area (Å²) in [5, 5.41) is 2.40. The van der Waals surface area contributed by atoms with Gasteiger partial charge in [-0.15, -0.1) is 11.6 Å². The van der Waals surface area contributed by atoms with Gasteiger partial charge >= 0.3 is 0 Å². The molecular weight excluding hydrogens is 282 g/mol. The SMILES string of the molecule is O=C(Cc1ccc2ccccc2c1)N(CCCl)C1CCC1. The molecule has 2 nitrogen and oxygen atoms in total. The van der Waals surface area contributed by atoms with Crippen LogP contribution in [0.1, 0.15) is 24.8 Å². The predicted molar refractivity (Wildman–Crippen MR) is 87.7 cm³/mol. The molecule has 2 aromatic carbocycles. The second-order valence-electron chi connectivity index (χ2n) is 5.72. The minimum atomic E-state index is 0.204. The van der Waals surface area contributed by atoms with Gasteiger partial charge in [-0.05, 0) is 35.6 Å². The molecule has 110 valence electrons. The highest BCUT2D eigenvalue weighted by atomic mass is 35.5. The second-order valence-corrected chi connectivity index (χ2v) is 6.10. The average molecular weight is 302 g/mol. The van der Waals surface area contributed by atoms with E-state index in [0.29, 0.717) is 24.9 Å². The van der Waals surface area contributed by atoms with E-state index < -0.39 is 0 Å². The number of rotatable bonds is 5. The van der Waals surface area contributed by atoms with Crippen LogP contribution < -0.4 is 0 Å². The van der Waals surface area contributed by atoms with Gasteiger partial charge in [0.25, 0.3) is 0 Å². The van der Waals surface area contributed by atoms with Crippen molar-refractivity contribution in [2.75, 3.05) is 12.4 Å². The topological polar surface area (TPSA) is 20.3 Å². The van der Waals surface area contributed by atoms with E-state index in [-0.39, 0.29) is 5.91 Å². The lowest BCUT2D eigenvalue weighted by Crippen LogP contribution is -2.45. The molecule has 2 aromatic rings. The van der Waals surface area contributed by atoms with Crippen LogP contribution in [0.25, 0.3) is 10.8 Å². The standard InChI is InChI=1S/C18H20ClNO/c19-10-11-20(17-6-3-7-17)18(21)13-14-8-9-15-4-1-2-5-16(15)12-14/h1-2,4-5,8-9,12,17H,3,6-7,10-11,13H2. The van der Waals surface area contributed by atoms with Crippen LogP contribution in [0.4, 0.5) is 0 Å². The van der Waals surface area contributed by atoms with Crippen LogP contribution in [0.15, 0.2) is 42.5 Å². The molecule has 0 spiro atoms. The molecule has 0 bridgehead atoms. The molecule has 0 saturated heterocycles. The number of carbonyl (C=O) groups is 1. The van der Waals surface area contributed by atoms with Gasteiger partial charge in [0.15, 0.2) is 0 Å². The number of fused-ring (bicyclic) bond motifs is 1. The quantitative estimate of drug-likeness (QED) is 0.764. The zero-order chi connectivity index (χ0) is 14.7. The fourth-order valence-corrected chi connectivity index (χ4v) is 3.11. The van der Waals surface area contributed by atoms with Crippen molar-refractivity contribution in [3.63, 3.8) is 0 Å². The lowest BCUT2D eigenvalue weighted by Gasteiger charge is -2.37. The summed E-state index contributed by atoms with van der Waals surface area (Å²) < 4.78 is 0. The van der Waals surface area contributed by atoms with Crippen molar-refractivity contribution < 1.29 is 4.79 Å². The third-order valence-electron chi connectivity index (χ3n) is 4.33. The monoisotopic (exact) mass is 301 g/mol. The van der Waals surface area contributed by atoms with Crippen molar-refractivity contribution in [1.82, 2.24) is 4.90 Å². The largest absolute Gasteiger partial charge is 0.338 e. The number of carbonyl (C=O) groups excluding carboxylic acids is 1. The van der Waals surface area contributed by atoms with Gasteiger partial charge in [0, 0.05) is 18.5 Å². The lowest BCUT2D eigenvalue weighted by molar-refractivity contribution is -0.134. The molecule has 1 aliphatic rings. The van der Waals surface area contributed by atoms with Gasteiger partial charge in [-0.1, -0.05) is 42.5 Å². The molecule has 21 heavy (non-hydrogen) atoms. The molecule has 1 amide bonds. The first-order chi connectivity index (χ1) is 10.3. The van der Waals surface area contributed by atoms with Gasteiger partial charge in [-0.3, -0.25) is 4.79 Å². The summed E-state index contributed by atoms with van der Waals surface area (Å²) in [5.41, 5.74) is 1.08. The van der Waals surface area contributed by atoms with Crippen molar-refractivity contribution in [3.05, 3.63) is 48.0 Å². The van der Waals surface area contributed by atoms with Gasteiger partial charge in [0.05, 0.1) is 6.42 Å². The Kier molecular flexibility index (Phi) is 4.45. The number of hydrogen-bond donors (Lipinski definition) is 0. The molecule has 1 aliphatic carbocycles. The first kappa shape index (κ1) is 14.4. The minimum Gasteiger partial charge on any atom is -0.338 e. The van der Waals surface area contributed by atoms with Gasteiger partial charge in [0.2, 0.25) is 5.91 Å². The van der Waals surface area contributed by atoms with E-state index in [1.807, 2.05) is 17.0 Å². The summed E-state index contributed by atoms with van der Waals surface area (Å²) in [6.45, 7) is 0.665. The number of benzene rings is 2. The molecule has 0 aromatic heterocycles. The molecule has 0 atom stereocenters. The van der Waals surface area contributed by atoms with E-state index in [9.17, 15) is 4.79 Å². The van der Waals surface area contributed by atoms with E-state index >= 15 is 0 Å². The molecule has 0 aliphatic heterocycles. The number of hydrogen-bond acceptors (Lipinski definition) is 1. The molecule has 0 radical (unpaired) electrons. The van der Waals surface area contributed by atoms with Crippen molar-refractivity contribution in [2.24, 2.45) is 0 Å². The van der Waals surface area contributed by atoms with Crippen molar-refractivity contribution in [2.45, 2.75) is 31.7 Å². The number of halogens is 1. The Bertz CT molecular complexity index is 636. The molecule has 0 unspecified atom stereocenters. The summed E-state index contributed by atoms with van der Waals surface area (Å²) in [6, 6.07) is 14.9. The van der Waals surface area contributed by atoms with Crippen LogP contribution in [-0.4, -0.2) is 29.3 Å². The Morgan fingerprint density at radius 1 is 1.14 bits per heavy atom. The summed E-state index contributed by atoms with van der Waals surface area (Å²) >= 11 is 5.85. The molecule has 3 rings (SSSR count). The van der Waals surface area contributed by atoms with Crippen molar-refractivity contribution in [1.29, 1.82) is 0 Å². The third kappa shape index (κ3) is 3.21. The van der Waals surface area contributed by atoms with Crippen LogP contribution in [0.3, 0.4) is 0 Å². The van der Waals surface area contributed by atoms with Crippen LogP contribution in [0.2, 0.25) is 0 Å². The van der Waals surface area contributed by atoms with Crippen LogP contribution >= 0.6 is 11.6 Å². The number of nitrogens with zero attached hydrogens (tertiary/aromatic N) is 1. The Hall–Kier alpha value is -1.54. The van der Waals surface area contributed by atoms with E-state index in [0.717, 1.165) is 18.4 Å². The lowest BCUT2D eigenvalue weighted by atomic mass is 9.91. The van der Waals surface area contributed by atoms with Gasteiger partial charge in [0.1, 0.15) is 0 Å². The molecule has 1 saturated carbocycles. The molecular formula is C18H20ClNO. The van der Waals surface area contributed by atoms with Crippen LogP contribution in [0.5, 0.6) is 0 Å². The van der Waals surface area contributed by atoms with Gasteiger partial charge in [-0.2, -0.15) is 0 Å². The maximum Gasteiger partial charge on any atom is 0.227 e. The first-order valence-electron chi connectivity index (χ1n) is 7.61. The van der Waals surface area contributed by atoms with Gasteiger partial charge < -0.3 is 4.90 Å². The number of alkyl halides is 1. The summed E-state index contributed by atoms with van der Waals surface area (Å²) in [5.74, 6) is 0.718. The van der Waals surface area contributed by atoms with Gasteiger partial charge in [-0.25, -0.2) is 0 Å². The number of amides is 1. The summed E-state index contributed by atoms with van der Waals surface area (Å²) in [7, 11) is 0. The average Bonchev–Trinajstić information content (AvgIpc) is 2.45. The van der Waals surface area contributed by atoms with Crippen LogP contribution in [0, 0.1) is 0 Å². The maximum absolute atomic E-state index is 12.5. The predicted octanol–water partition coefficient (Wildman–Crippen LogP) is 4.00. The smallest absolute Gasteiger partial charge is 0.227 e. The van der Waals surface area contributed by atoms with Crippen molar-refractivity contribution in [3.8, 4) is 0 Å². The van der Waals surface area contributed by atoms with E-state index in [4.69, 9.17) is 11.6 Å². The Balaban J connectivity index is 1.74. The van der Waals surface area contributed by atoms with Crippen molar-refractivity contribution >= 4 is 28.3 Å². The second kappa shape index (κ2) is 6.48. The Morgan fingerprint density at radius 3 is 2.57 bits per heavy atom. The Labute approximate surface area is 130 Å². The third-order valence-corrected chi connectivity index (χ3v) is 4.50. The molecule has 0 N–H and O–H groups in total. The van der Waals surface area contributed by atoms with E-state index in [1.54, 1.807) is 0 Å². The van der Waals surface area contributed by atoms with Crippen LogP contribution in [-0.2, 0) is 11.2 Å². The highest BCUT2D eigenvalue weighted by Gasteiger charge is 2.28. The zero-order valence-corrected chi connectivity index (χ0v) is 12.9. The first-order valence-corrected chi connectivity index (χ1v) is 8.14. The summed E-state index contributed by atoms with van der Waals surface area (Å²) in [6.07, 6.45) is 3.95.